The quantitative estimate of drug-likeness (QED) is 0.920. The van der Waals surface area contributed by atoms with Crippen molar-refractivity contribution in [3.63, 3.8) is 0 Å². The van der Waals surface area contributed by atoms with Crippen molar-refractivity contribution in [3.8, 4) is 0 Å². The van der Waals surface area contributed by atoms with Crippen LogP contribution < -0.4 is 9.62 Å². The first-order valence-electron chi connectivity index (χ1n) is 6.63. The Morgan fingerprint density at radius 2 is 2.00 bits per heavy atom. The van der Waals surface area contributed by atoms with Gasteiger partial charge < -0.3 is 9.42 Å². The van der Waals surface area contributed by atoms with Gasteiger partial charge in [-0.2, -0.15) is 0 Å². The summed E-state index contributed by atoms with van der Waals surface area (Å²) >= 11 is 0. The number of amides is 1. The Morgan fingerprint density at radius 3 is 2.52 bits per heavy atom. The molecule has 2 rings (SSSR count). The van der Waals surface area contributed by atoms with Gasteiger partial charge in [-0.05, 0) is 26.0 Å². The van der Waals surface area contributed by atoms with Crippen molar-refractivity contribution >= 4 is 27.3 Å². The summed E-state index contributed by atoms with van der Waals surface area (Å²) in [5.74, 6) is -0.843. The second-order valence-electron chi connectivity index (χ2n) is 5.00. The molecule has 0 aliphatic heterocycles. The Kier molecular flexibility index (Phi) is 4.42. The SMILES string of the molecule is CC(=O)N(C)c1ccc(F)cc1NS(=O)(=O)c1c(C)noc1C. The van der Waals surface area contributed by atoms with Crippen molar-refractivity contribution in [1.29, 1.82) is 0 Å². The smallest absolute Gasteiger partial charge is 0.267 e. The number of aryl methyl sites for hydroxylation is 2. The van der Waals surface area contributed by atoms with Gasteiger partial charge in [0.05, 0.1) is 11.4 Å². The normalized spacial score (nSPS) is 11.3. The van der Waals surface area contributed by atoms with Crippen LogP contribution in [0.2, 0.25) is 0 Å². The van der Waals surface area contributed by atoms with E-state index in [0.717, 1.165) is 12.1 Å². The minimum absolute atomic E-state index is 0.0531. The number of anilines is 2. The van der Waals surface area contributed by atoms with E-state index in [2.05, 4.69) is 9.88 Å². The molecular formula is C14H16FN3O4S. The Morgan fingerprint density at radius 1 is 1.35 bits per heavy atom. The molecule has 1 heterocycles. The predicted octanol–water partition coefficient (Wildman–Crippen LogP) is 2.21. The Balaban J connectivity index is 2.51. The van der Waals surface area contributed by atoms with Gasteiger partial charge >= 0.3 is 0 Å². The lowest BCUT2D eigenvalue weighted by Crippen LogP contribution is -2.25. The summed E-state index contributed by atoms with van der Waals surface area (Å²) in [6.07, 6.45) is 0. The highest BCUT2D eigenvalue weighted by molar-refractivity contribution is 7.92. The number of sulfonamides is 1. The third-order valence-electron chi connectivity index (χ3n) is 3.27. The van der Waals surface area contributed by atoms with Crippen molar-refractivity contribution in [2.75, 3.05) is 16.7 Å². The molecule has 0 saturated heterocycles. The zero-order valence-electron chi connectivity index (χ0n) is 13.0. The highest BCUT2D eigenvalue weighted by Gasteiger charge is 2.26. The highest BCUT2D eigenvalue weighted by Crippen LogP contribution is 2.30. The maximum Gasteiger partial charge on any atom is 0.267 e. The third kappa shape index (κ3) is 3.34. The summed E-state index contributed by atoms with van der Waals surface area (Å²) in [7, 11) is -2.58. The molecule has 2 aromatic rings. The molecule has 0 fully saturated rings. The summed E-state index contributed by atoms with van der Waals surface area (Å²) in [5.41, 5.74) is 0.366. The molecular weight excluding hydrogens is 325 g/mol. The molecule has 0 bridgehead atoms. The maximum atomic E-state index is 13.5. The first-order chi connectivity index (χ1) is 10.6. The zero-order valence-corrected chi connectivity index (χ0v) is 13.9. The molecule has 0 spiro atoms. The average molecular weight is 341 g/mol. The molecule has 0 unspecified atom stereocenters. The minimum atomic E-state index is -4.04. The van der Waals surface area contributed by atoms with E-state index in [0.29, 0.717) is 0 Å². The highest BCUT2D eigenvalue weighted by atomic mass is 32.2. The molecule has 1 aromatic heterocycles. The number of carbonyl (C=O) groups excluding carboxylic acids is 1. The van der Waals surface area contributed by atoms with Crippen molar-refractivity contribution in [3.05, 3.63) is 35.5 Å². The van der Waals surface area contributed by atoms with Crippen molar-refractivity contribution in [1.82, 2.24) is 5.16 Å². The number of rotatable bonds is 4. The number of hydrogen-bond acceptors (Lipinski definition) is 5. The fourth-order valence-electron chi connectivity index (χ4n) is 2.11. The van der Waals surface area contributed by atoms with E-state index >= 15 is 0 Å². The van der Waals surface area contributed by atoms with Gasteiger partial charge in [-0.1, -0.05) is 5.16 Å². The van der Waals surface area contributed by atoms with E-state index in [1.54, 1.807) is 0 Å². The molecule has 1 aromatic carbocycles. The second kappa shape index (κ2) is 5.99. The Bertz CT molecular complexity index is 841. The fourth-order valence-corrected chi connectivity index (χ4v) is 3.50. The first-order valence-corrected chi connectivity index (χ1v) is 8.11. The van der Waals surface area contributed by atoms with Gasteiger partial charge in [-0.3, -0.25) is 9.52 Å². The van der Waals surface area contributed by atoms with Crippen LogP contribution in [-0.4, -0.2) is 26.5 Å². The van der Waals surface area contributed by atoms with Crippen molar-refractivity contribution < 1.29 is 22.1 Å². The van der Waals surface area contributed by atoms with E-state index in [9.17, 15) is 17.6 Å². The first kappa shape index (κ1) is 16.9. The molecule has 23 heavy (non-hydrogen) atoms. The number of nitrogens with zero attached hydrogens (tertiary/aromatic N) is 2. The molecule has 0 saturated carbocycles. The van der Waals surface area contributed by atoms with Crippen molar-refractivity contribution in [2.24, 2.45) is 0 Å². The van der Waals surface area contributed by atoms with Crippen LogP contribution in [0.4, 0.5) is 15.8 Å². The third-order valence-corrected chi connectivity index (χ3v) is 4.88. The number of nitrogens with one attached hydrogen (secondary N) is 1. The Labute approximate surface area is 133 Å². The number of carbonyl (C=O) groups is 1. The topological polar surface area (TPSA) is 92.5 Å². The van der Waals surface area contributed by atoms with E-state index in [-0.39, 0.29) is 33.6 Å². The van der Waals surface area contributed by atoms with Gasteiger partial charge in [-0.15, -0.1) is 0 Å². The summed E-state index contributed by atoms with van der Waals surface area (Å²) in [5, 5.41) is 3.59. The Hall–Kier alpha value is -2.42. The molecule has 0 aliphatic carbocycles. The van der Waals surface area contributed by atoms with Crippen LogP contribution >= 0.6 is 0 Å². The van der Waals surface area contributed by atoms with Gasteiger partial charge in [-0.25, -0.2) is 12.8 Å². The number of halogens is 1. The molecule has 0 radical (unpaired) electrons. The lowest BCUT2D eigenvalue weighted by Gasteiger charge is -2.20. The van der Waals surface area contributed by atoms with E-state index < -0.39 is 15.8 Å². The van der Waals surface area contributed by atoms with Crippen LogP contribution in [0.3, 0.4) is 0 Å². The molecule has 7 nitrogen and oxygen atoms in total. The van der Waals surface area contributed by atoms with Gasteiger partial charge in [0.2, 0.25) is 5.91 Å². The maximum absolute atomic E-state index is 13.5. The van der Waals surface area contributed by atoms with Crippen LogP contribution in [0.25, 0.3) is 0 Å². The summed E-state index contributed by atoms with van der Waals surface area (Å²) in [4.78, 5) is 12.6. The van der Waals surface area contributed by atoms with E-state index in [4.69, 9.17) is 4.52 Å². The lowest BCUT2D eigenvalue weighted by molar-refractivity contribution is -0.116. The number of benzene rings is 1. The largest absolute Gasteiger partial charge is 0.360 e. The minimum Gasteiger partial charge on any atom is -0.360 e. The van der Waals surface area contributed by atoms with Crippen LogP contribution in [0.1, 0.15) is 18.4 Å². The average Bonchev–Trinajstić information content (AvgIpc) is 2.77. The predicted molar refractivity (Wildman–Crippen MR) is 82.3 cm³/mol. The fraction of sp³-hybridized carbons (Fsp3) is 0.286. The van der Waals surface area contributed by atoms with Gasteiger partial charge in [0.1, 0.15) is 11.5 Å². The zero-order chi connectivity index (χ0) is 17.4. The van der Waals surface area contributed by atoms with Crippen LogP contribution in [0, 0.1) is 19.7 Å². The van der Waals surface area contributed by atoms with E-state index in [1.807, 2.05) is 0 Å². The van der Waals surface area contributed by atoms with Gasteiger partial charge in [0.15, 0.2) is 10.7 Å². The van der Waals surface area contributed by atoms with Crippen LogP contribution in [0.5, 0.6) is 0 Å². The number of aromatic nitrogens is 1. The van der Waals surface area contributed by atoms with Gasteiger partial charge in [0, 0.05) is 20.0 Å². The molecule has 124 valence electrons. The summed E-state index contributed by atoms with van der Waals surface area (Å²) < 4.78 is 45.7. The summed E-state index contributed by atoms with van der Waals surface area (Å²) in [6.45, 7) is 4.26. The molecule has 1 N–H and O–H groups in total. The molecule has 0 atom stereocenters. The van der Waals surface area contributed by atoms with Crippen molar-refractivity contribution in [2.45, 2.75) is 25.7 Å². The summed E-state index contributed by atoms with van der Waals surface area (Å²) in [6, 6.07) is 3.47. The monoisotopic (exact) mass is 341 g/mol. The number of hydrogen-bond donors (Lipinski definition) is 1. The second-order valence-corrected chi connectivity index (χ2v) is 6.62. The molecule has 9 heteroatoms. The van der Waals surface area contributed by atoms with E-state index in [1.165, 1.54) is 38.8 Å². The molecule has 0 aliphatic rings. The lowest BCUT2D eigenvalue weighted by atomic mass is 10.2. The van der Waals surface area contributed by atoms with Gasteiger partial charge in [0.25, 0.3) is 10.0 Å². The van der Waals surface area contributed by atoms with Crippen LogP contribution in [0.15, 0.2) is 27.6 Å². The van der Waals surface area contributed by atoms with Crippen LogP contribution in [-0.2, 0) is 14.8 Å². The molecule has 1 amide bonds. The standard InChI is InChI=1S/C14H16FN3O4S/c1-8-14(9(2)22-16-8)23(20,21)17-12-7-11(15)5-6-13(12)18(4)10(3)19/h5-7,17H,1-4H3.